The molecular formula is C14H23NO. The van der Waals surface area contributed by atoms with Crippen LogP contribution in [0.2, 0.25) is 0 Å². The summed E-state index contributed by atoms with van der Waals surface area (Å²) >= 11 is 0. The second kappa shape index (κ2) is 6.02. The molecule has 0 aliphatic carbocycles. The monoisotopic (exact) mass is 221 g/mol. The van der Waals surface area contributed by atoms with Crippen molar-refractivity contribution in [3.8, 4) is 0 Å². The topological polar surface area (TPSA) is 21.3 Å². The first-order chi connectivity index (χ1) is 7.57. The molecule has 1 N–H and O–H groups in total. The average Bonchev–Trinajstić information content (AvgIpc) is 2.28. The minimum absolute atomic E-state index is 0.206. The molecule has 2 heteroatoms. The third-order valence-electron chi connectivity index (χ3n) is 2.96. The zero-order chi connectivity index (χ0) is 12.0. The van der Waals surface area contributed by atoms with E-state index in [0.717, 1.165) is 13.0 Å². The standard InChI is InChI=1S/C14H23NO/c1-5-14(2,3)15-10-12-7-6-8-13(9-12)11-16-4/h6-9,15H,5,10-11H2,1-4H3. The highest BCUT2D eigenvalue weighted by Crippen LogP contribution is 2.11. The van der Waals surface area contributed by atoms with Crippen molar-refractivity contribution in [3.05, 3.63) is 35.4 Å². The van der Waals surface area contributed by atoms with Crippen LogP contribution in [0.3, 0.4) is 0 Å². The second-order valence-corrected chi connectivity index (χ2v) is 4.84. The van der Waals surface area contributed by atoms with E-state index in [1.807, 2.05) is 0 Å². The van der Waals surface area contributed by atoms with Crippen molar-refractivity contribution in [2.45, 2.75) is 45.9 Å². The van der Waals surface area contributed by atoms with Crippen molar-refractivity contribution in [1.82, 2.24) is 5.32 Å². The SMILES string of the molecule is CCC(C)(C)NCc1cccc(COC)c1. The number of hydrogen-bond acceptors (Lipinski definition) is 2. The molecule has 0 unspecified atom stereocenters. The van der Waals surface area contributed by atoms with E-state index in [1.54, 1.807) is 7.11 Å². The summed E-state index contributed by atoms with van der Waals surface area (Å²) in [6, 6.07) is 8.53. The van der Waals surface area contributed by atoms with Gasteiger partial charge in [-0.2, -0.15) is 0 Å². The highest BCUT2D eigenvalue weighted by atomic mass is 16.5. The lowest BCUT2D eigenvalue weighted by Gasteiger charge is -2.24. The van der Waals surface area contributed by atoms with E-state index >= 15 is 0 Å². The molecule has 90 valence electrons. The van der Waals surface area contributed by atoms with Crippen LogP contribution in [0.5, 0.6) is 0 Å². The van der Waals surface area contributed by atoms with Gasteiger partial charge in [0.2, 0.25) is 0 Å². The van der Waals surface area contributed by atoms with Crippen LogP contribution in [0.15, 0.2) is 24.3 Å². The van der Waals surface area contributed by atoms with Gasteiger partial charge in [0.25, 0.3) is 0 Å². The Hall–Kier alpha value is -0.860. The maximum Gasteiger partial charge on any atom is 0.0713 e. The molecule has 1 aromatic carbocycles. The fraction of sp³-hybridized carbons (Fsp3) is 0.571. The summed E-state index contributed by atoms with van der Waals surface area (Å²) in [7, 11) is 1.73. The molecule has 0 spiro atoms. The average molecular weight is 221 g/mol. The van der Waals surface area contributed by atoms with Gasteiger partial charge in [0.1, 0.15) is 0 Å². The maximum atomic E-state index is 5.13. The van der Waals surface area contributed by atoms with Gasteiger partial charge < -0.3 is 10.1 Å². The molecule has 16 heavy (non-hydrogen) atoms. The Balaban J connectivity index is 2.57. The summed E-state index contributed by atoms with van der Waals surface area (Å²) in [5.41, 5.74) is 2.75. The molecule has 0 aliphatic rings. The Morgan fingerprint density at radius 2 is 1.94 bits per heavy atom. The Bertz CT molecular complexity index is 320. The zero-order valence-corrected chi connectivity index (χ0v) is 10.8. The molecule has 0 atom stereocenters. The van der Waals surface area contributed by atoms with E-state index in [9.17, 15) is 0 Å². The number of ether oxygens (including phenoxy) is 1. The first-order valence-electron chi connectivity index (χ1n) is 5.89. The smallest absolute Gasteiger partial charge is 0.0713 e. The Morgan fingerprint density at radius 1 is 1.25 bits per heavy atom. The molecule has 0 heterocycles. The molecule has 0 radical (unpaired) electrons. The predicted octanol–water partition coefficient (Wildman–Crippen LogP) is 3.11. The van der Waals surface area contributed by atoms with Crippen LogP contribution >= 0.6 is 0 Å². The van der Waals surface area contributed by atoms with Crippen LogP contribution in [0, 0.1) is 0 Å². The molecule has 1 aromatic rings. The largest absolute Gasteiger partial charge is 0.380 e. The van der Waals surface area contributed by atoms with E-state index in [4.69, 9.17) is 4.74 Å². The summed E-state index contributed by atoms with van der Waals surface area (Å²) in [6.07, 6.45) is 1.13. The lowest BCUT2D eigenvalue weighted by atomic mass is 10.0. The number of nitrogens with one attached hydrogen (secondary N) is 1. The minimum Gasteiger partial charge on any atom is -0.380 e. The third kappa shape index (κ3) is 4.33. The van der Waals surface area contributed by atoms with E-state index in [0.29, 0.717) is 6.61 Å². The quantitative estimate of drug-likeness (QED) is 0.797. The van der Waals surface area contributed by atoms with Crippen molar-refractivity contribution in [3.63, 3.8) is 0 Å². The molecule has 0 saturated carbocycles. The van der Waals surface area contributed by atoms with Crippen LogP contribution in [-0.2, 0) is 17.9 Å². The van der Waals surface area contributed by atoms with Crippen molar-refractivity contribution in [2.75, 3.05) is 7.11 Å². The first-order valence-corrected chi connectivity index (χ1v) is 5.89. The zero-order valence-electron chi connectivity index (χ0n) is 10.8. The maximum absolute atomic E-state index is 5.13. The van der Waals surface area contributed by atoms with Crippen LogP contribution in [-0.4, -0.2) is 12.6 Å². The molecule has 0 amide bonds. The van der Waals surface area contributed by atoms with Gasteiger partial charge in [-0.3, -0.25) is 0 Å². The highest BCUT2D eigenvalue weighted by Gasteiger charge is 2.13. The number of methoxy groups -OCH3 is 1. The molecule has 0 fully saturated rings. The van der Waals surface area contributed by atoms with E-state index in [-0.39, 0.29) is 5.54 Å². The van der Waals surface area contributed by atoms with Gasteiger partial charge in [-0.05, 0) is 31.4 Å². The van der Waals surface area contributed by atoms with Crippen LogP contribution in [0.4, 0.5) is 0 Å². The van der Waals surface area contributed by atoms with E-state index < -0.39 is 0 Å². The predicted molar refractivity (Wildman–Crippen MR) is 68.4 cm³/mol. The summed E-state index contributed by atoms with van der Waals surface area (Å²) in [5, 5.41) is 3.55. The van der Waals surface area contributed by atoms with E-state index in [1.165, 1.54) is 11.1 Å². The first kappa shape index (κ1) is 13.2. The van der Waals surface area contributed by atoms with Crippen LogP contribution < -0.4 is 5.32 Å². The van der Waals surface area contributed by atoms with Gasteiger partial charge in [0.05, 0.1) is 6.61 Å². The van der Waals surface area contributed by atoms with Gasteiger partial charge in [0.15, 0.2) is 0 Å². The third-order valence-corrected chi connectivity index (χ3v) is 2.96. The lowest BCUT2D eigenvalue weighted by Crippen LogP contribution is -2.37. The van der Waals surface area contributed by atoms with Gasteiger partial charge in [-0.1, -0.05) is 31.2 Å². The Kier molecular flexibility index (Phi) is 4.97. The highest BCUT2D eigenvalue weighted by molar-refractivity contribution is 5.23. The van der Waals surface area contributed by atoms with Crippen molar-refractivity contribution >= 4 is 0 Å². The van der Waals surface area contributed by atoms with E-state index in [2.05, 4.69) is 50.4 Å². The van der Waals surface area contributed by atoms with Crippen LogP contribution in [0.25, 0.3) is 0 Å². The van der Waals surface area contributed by atoms with Crippen molar-refractivity contribution in [2.24, 2.45) is 0 Å². The second-order valence-electron chi connectivity index (χ2n) is 4.84. The summed E-state index contributed by atoms with van der Waals surface area (Å²) in [5.74, 6) is 0. The van der Waals surface area contributed by atoms with Gasteiger partial charge >= 0.3 is 0 Å². The number of rotatable bonds is 6. The molecule has 0 aliphatic heterocycles. The molecule has 2 nitrogen and oxygen atoms in total. The van der Waals surface area contributed by atoms with Gasteiger partial charge in [0, 0.05) is 19.2 Å². The van der Waals surface area contributed by atoms with Crippen molar-refractivity contribution < 1.29 is 4.74 Å². The molecule has 0 saturated heterocycles. The Labute approximate surface area is 99.0 Å². The Morgan fingerprint density at radius 3 is 2.56 bits per heavy atom. The van der Waals surface area contributed by atoms with Crippen LogP contribution in [0.1, 0.15) is 38.3 Å². The summed E-state index contributed by atoms with van der Waals surface area (Å²) in [6.45, 7) is 8.26. The molecule has 0 bridgehead atoms. The van der Waals surface area contributed by atoms with Gasteiger partial charge in [-0.15, -0.1) is 0 Å². The molecular weight excluding hydrogens is 198 g/mol. The summed E-state index contributed by atoms with van der Waals surface area (Å²) in [4.78, 5) is 0. The molecule has 1 rings (SSSR count). The fourth-order valence-corrected chi connectivity index (χ4v) is 1.46. The normalized spacial score (nSPS) is 11.8. The number of hydrogen-bond donors (Lipinski definition) is 1. The minimum atomic E-state index is 0.206. The van der Waals surface area contributed by atoms with Gasteiger partial charge in [-0.25, -0.2) is 0 Å². The lowest BCUT2D eigenvalue weighted by molar-refractivity contribution is 0.185. The van der Waals surface area contributed by atoms with Crippen molar-refractivity contribution in [1.29, 1.82) is 0 Å². The fourth-order valence-electron chi connectivity index (χ4n) is 1.46. The summed E-state index contributed by atoms with van der Waals surface area (Å²) < 4.78 is 5.13. The number of benzene rings is 1. The molecule has 0 aromatic heterocycles.